The number of anilines is 2. The number of hydrogen-bond donors (Lipinski definition) is 0. The third kappa shape index (κ3) is 6.10. The Morgan fingerprint density at radius 1 is 0.714 bits per heavy atom. The fraction of sp³-hybridized carbons (Fsp3) is 0.267. The van der Waals surface area contributed by atoms with E-state index in [2.05, 4.69) is 43.6 Å². The number of rotatable bonds is 10. The van der Waals surface area contributed by atoms with E-state index in [4.69, 9.17) is 4.74 Å². The minimum absolute atomic E-state index is 0.0277. The molecule has 3 rings (SSSR count). The molecule has 0 aliphatic heterocycles. The SMILES string of the molecule is CCN(CC)c1ccc(C(=C(C#N)C(=O)Oc2ccccc2)c2ccc(N(CC)CC)cc2)cc1. The summed E-state index contributed by atoms with van der Waals surface area (Å²) in [6, 6.07) is 26.9. The normalized spacial score (nSPS) is 10.3. The van der Waals surface area contributed by atoms with Crippen LogP contribution in [0.25, 0.3) is 5.57 Å². The van der Waals surface area contributed by atoms with Crippen molar-refractivity contribution < 1.29 is 9.53 Å². The molecule has 0 amide bonds. The molecule has 0 saturated carbocycles. The molecule has 0 N–H and O–H groups in total. The van der Waals surface area contributed by atoms with Gasteiger partial charge < -0.3 is 14.5 Å². The lowest BCUT2D eigenvalue weighted by molar-refractivity contribution is -0.129. The molecule has 0 aliphatic carbocycles. The van der Waals surface area contributed by atoms with Crippen LogP contribution >= 0.6 is 0 Å². The molecular formula is C30H33N3O2. The van der Waals surface area contributed by atoms with Crippen molar-refractivity contribution in [3.63, 3.8) is 0 Å². The fourth-order valence-electron chi connectivity index (χ4n) is 4.16. The van der Waals surface area contributed by atoms with Gasteiger partial charge in [0.2, 0.25) is 0 Å². The number of nitriles is 1. The Morgan fingerprint density at radius 2 is 1.14 bits per heavy atom. The number of carbonyl (C=O) groups is 1. The summed E-state index contributed by atoms with van der Waals surface area (Å²) in [6.45, 7) is 12.1. The van der Waals surface area contributed by atoms with Gasteiger partial charge in [0.1, 0.15) is 17.4 Å². The van der Waals surface area contributed by atoms with E-state index >= 15 is 0 Å². The smallest absolute Gasteiger partial charge is 0.354 e. The molecule has 5 nitrogen and oxygen atoms in total. The van der Waals surface area contributed by atoms with Crippen LogP contribution in [0.5, 0.6) is 5.75 Å². The maximum absolute atomic E-state index is 13.1. The second-order valence-electron chi connectivity index (χ2n) is 8.00. The topological polar surface area (TPSA) is 56.6 Å². The first-order chi connectivity index (χ1) is 17.1. The molecule has 0 bridgehead atoms. The molecule has 35 heavy (non-hydrogen) atoms. The van der Waals surface area contributed by atoms with Gasteiger partial charge in [0.05, 0.1) is 0 Å². The fourth-order valence-corrected chi connectivity index (χ4v) is 4.16. The summed E-state index contributed by atoms with van der Waals surface area (Å²) in [6.07, 6.45) is 0. The molecule has 3 aromatic carbocycles. The highest BCUT2D eigenvalue weighted by molar-refractivity contribution is 6.06. The van der Waals surface area contributed by atoms with Crippen LogP contribution in [-0.4, -0.2) is 32.1 Å². The highest BCUT2D eigenvalue weighted by Gasteiger charge is 2.21. The van der Waals surface area contributed by atoms with Crippen molar-refractivity contribution in [1.82, 2.24) is 0 Å². The van der Waals surface area contributed by atoms with Crippen molar-refractivity contribution >= 4 is 22.9 Å². The summed E-state index contributed by atoms with van der Waals surface area (Å²) < 4.78 is 5.55. The zero-order valence-electron chi connectivity index (χ0n) is 21.0. The first-order valence-electron chi connectivity index (χ1n) is 12.2. The zero-order valence-corrected chi connectivity index (χ0v) is 21.0. The Balaban J connectivity index is 2.10. The van der Waals surface area contributed by atoms with E-state index in [9.17, 15) is 10.1 Å². The van der Waals surface area contributed by atoms with Gasteiger partial charge in [-0.25, -0.2) is 4.79 Å². The predicted octanol–water partition coefficient (Wildman–Crippen LogP) is 6.31. The highest BCUT2D eigenvalue weighted by atomic mass is 16.5. The second kappa shape index (κ2) is 12.4. The first kappa shape index (κ1) is 25.6. The van der Waals surface area contributed by atoms with Crippen LogP contribution in [0.4, 0.5) is 11.4 Å². The van der Waals surface area contributed by atoms with Crippen molar-refractivity contribution in [2.75, 3.05) is 36.0 Å². The molecule has 0 spiro atoms. The van der Waals surface area contributed by atoms with Gasteiger partial charge in [0.15, 0.2) is 0 Å². The van der Waals surface area contributed by atoms with Crippen molar-refractivity contribution in [3.05, 3.63) is 95.6 Å². The number of carbonyl (C=O) groups excluding carboxylic acids is 1. The number of benzene rings is 3. The minimum atomic E-state index is -0.672. The Bertz CT molecular complexity index is 1110. The van der Waals surface area contributed by atoms with Crippen LogP contribution in [0.1, 0.15) is 38.8 Å². The molecule has 0 atom stereocenters. The van der Waals surface area contributed by atoms with Gasteiger partial charge in [0, 0.05) is 43.1 Å². The number of para-hydroxylation sites is 1. The van der Waals surface area contributed by atoms with Crippen molar-refractivity contribution in [2.24, 2.45) is 0 Å². The third-order valence-corrected chi connectivity index (χ3v) is 6.09. The lowest BCUT2D eigenvalue weighted by Crippen LogP contribution is -2.21. The van der Waals surface area contributed by atoms with E-state index < -0.39 is 5.97 Å². The van der Waals surface area contributed by atoms with Crippen LogP contribution in [0.15, 0.2) is 84.4 Å². The number of hydrogen-bond acceptors (Lipinski definition) is 5. The quantitative estimate of drug-likeness (QED) is 0.151. The molecule has 0 aromatic heterocycles. The Hall–Kier alpha value is -4.04. The number of nitrogens with zero attached hydrogens (tertiary/aromatic N) is 3. The molecule has 0 fully saturated rings. The summed E-state index contributed by atoms with van der Waals surface area (Å²) >= 11 is 0. The van der Waals surface area contributed by atoms with E-state index in [1.54, 1.807) is 24.3 Å². The van der Waals surface area contributed by atoms with Crippen LogP contribution in [0.2, 0.25) is 0 Å². The van der Waals surface area contributed by atoms with Crippen LogP contribution in [0.3, 0.4) is 0 Å². The number of esters is 1. The Kier molecular flexibility index (Phi) is 9.09. The molecule has 5 heteroatoms. The molecule has 180 valence electrons. The highest BCUT2D eigenvalue weighted by Crippen LogP contribution is 2.31. The van der Waals surface area contributed by atoms with Crippen molar-refractivity contribution in [1.29, 1.82) is 5.26 Å². The molecule has 0 saturated heterocycles. The van der Waals surface area contributed by atoms with Crippen molar-refractivity contribution in [2.45, 2.75) is 27.7 Å². The molecule has 3 aromatic rings. The lowest BCUT2D eigenvalue weighted by Gasteiger charge is -2.22. The van der Waals surface area contributed by atoms with Gasteiger partial charge in [0.25, 0.3) is 0 Å². The minimum Gasteiger partial charge on any atom is -0.422 e. The summed E-state index contributed by atoms with van der Waals surface area (Å²) in [7, 11) is 0. The van der Waals surface area contributed by atoms with E-state index in [0.29, 0.717) is 11.3 Å². The van der Waals surface area contributed by atoms with Gasteiger partial charge in [-0.15, -0.1) is 0 Å². The van der Waals surface area contributed by atoms with E-state index in [1.165, 1.54) is 0 Å². The monoisotopic (exact) mass is 467 g/mol. The molecule has 0 radical (unpaired) electrons. The van der Waals surface area contributed by atoms with Gasteiger partial charge in [-0.2, -0.15) is 5.26 Å². The van der Waals surface area contributed by atoms with E-state index in [-0.39, 0.29) is 5.57 Å². The van der Waals surface area contributed by atoms with Crippen LogP contribution in [-0.2, 0) is 4.79 Å². The summed E-state index contributed by atoms with van der Waals surface area (Å²) in [5.74, 6) is -0.271. The first-order valence-corrected chi connectivity index (χ1v) is 12.2. The van der Waals surface area contributed by atoms with E-state index in [1.807, 2.05) is 54.6 Å². The lowest BCUT2D eigenvalue weighted by atomic mass is 9.92. The van der Waals surface area contributed by atoms with Crippen molar-refractivity contribution in [3.8, 4) is 11.8 Å². The zero-order chi connectivity index (χ0) is 25.2. The molecule has 0 heterocycles. The summed E-state index contributed by atoms with van der Waals surface area (Å²) in [4.78, 5) is 17.7. The van der Waals surface area contributed by atoms with Gasteiger partial charge in [-0.05, 0) is 75.2 Å². The Labute approximate surface area is 208 Å². The largest absolute Gasteiger partial charge is 0.422 e. The van der Waals surface area contributed by atoms with Crippen LogP contribution < -0.4 is 14.5 Å². The Morgan fingerprint density at radius 3 is 1.51 bits per heavy atom. The average molecular weight is 468 g/mol. The second-order valence-corrected chi connectivity index (χ2v) is 8.00. The van der Waals surface area contributed by atoms with Gasteiger partial charge in [-0.3, -0.25) is 0 Å². The van der Waals surface area contributed by atoms with Gasteiger partial charge >= 0.3 is 5.97 Å². The number of ether oxygens (including phenoxy) is 1. The average Bonchev–Trinajstić information content (AvgIpc) is 2.90. The standard InChI is InChI=1S/C30H33N3O2/c1-5-32(6-2)25-18-14-23(15-19-25)29(24-16-20-26(21-17-24)33(7-3)8-4)28(22-31)30(34)35-27-12-10-9-11-13-27/h9-21H,5-8H2,1-4H3. The predicted molar refractivity (Wildman–Crippen MR) is 144 cm³/mol. The summed E-state index contributed by atoms with van der Waals surface area (Å²) in [5, 5.41) is 10.1. The third-order valence-electron chi connectivity index (χ3n) is 6.09. The maximum Gasteiger partial charge on any atom is 0.354 e. The molecule has 0 unspecified atom stereocenters. The van der Waals surface area contributed by atoms with Crippen LogP contribution in [0, 0.1) is 11.3 Å². The summed E-state index contributed by atoms with van der Waals surface area (Å²) in [5.41, 5.74) is 4.31. The maximum atomic E-state index is 13.1. The molecule has 0 aliphatic rings. The van der Waals surface area contributed by atoms with E-state index in [0.717, 1.165) is 48.7 Å². The van der Waals surface area contributed by atoms with Gasteiger partial charge in [-0.1, -0.05) is 42.5 Å². The molecular weight excluding hydrogens is 434 g/mol.